The molecule has 0 saturated carbocycles. The second-order valence-corrected chi connectivity index (χ2v) is 5.09. The number of nitrogens with one attached hydrogen (secondary N) is 1. The van der Waals surface area contributed by atoms with Crippen molar-refractivity contribution in [3.8, 4) is 0 Å². The van der Waals surface area contributed by atoms with Gasteiger partial charge in [-0.25, -0.2) is 4.98 Å². The van der Waals surface area contributed by atoms with Gasteiger partial charge in [-0.15, -0.1) is 35.3 Å². The van der Waals surface area contributed by atoms with E-state index < -0.39 is 0 Å². The molecule has 0 aliphatic carbocycles. The van der Waals surface area contributed by atoms with Crippen LogP contribution in [0.5, 0.6) is 0 Å². The van der Waals surface area contributed by atoms with Crippen molar-refractivity contribution in [1.82, 2.24) is 10.3 Å². The molecular weight excluding hydrogens is 347 g/mol. The van der Waals surface area contributed by atoms with Crippen LogP contribution < -0.4 is 11.1 Å². The van der Waals surface area contributed by atoms with Crippen LogP contribution >= 0.6 is 35.3 Å². The fourth-order valence-corrected chi connectivity index (χ4v) is 2.09. The van der Waals surface area contributed by atoms with Gasteiger partial charge >= 0.3 is 0 Å². The molecule has 0 atom stereocenters. The molecule has 17 heavy (non-hydrogen) atoms. The van der Waals surface area contributed by atoms with Crippen molar-refractivity contribution in [2.24, 2.45) is 10.7 Å². The molecule has 0 spiro atoms. The molecule has 0 radical (unpaired) electrons. The molecule has 1 aromatic heterocycles. The molecule has 0 bridgehead atoms. The molecule has 4 nitrogen and oxygen atoms in total. The second-order valence-electron chi connectivity index (χ2n) is 3.89. The molecule has 0 aromatic carbocycles. The number of aliphatic imine (C=N–C) groups is 1. The highest BCUT2D eigenvalue weighted by atomic mass is 127. The fourth-order valence-electron chi connectivity index (χ4n) is 1.24. The number of thiazole rings is 1. The zero-order chi connectivity index (χ0) is 12.0. The van der Waals surface area contributed by atoms with E-state index in [1.54, 1.807) is 11.3 Å². The van der Waals surface area contributed by atoms with Gasteiger partial charge in [0.25, 0.3) is 0 Å². The summed E-state index contributed by atoms with van der Waals surface area (Å²) >= 11 is 1.76. The molecule has 1 heterocycles. The second kappa shape index (κ2) is 8.68. The van der Waals surface area contributed by atoms with Crippen LogP contribution in [0.4, 0.5) is 0 Å². The normalized spacial score (nSPS) is 11.4. The Labute approximate surface area is 124 Å². The van der Waals surface area contributed by atoms with E-state index >= 15 is 0 Å². The highest BCUT2D eigenvalue weighted by molar-refractivity contribution is 14.0. The Balaban J connectivity index is 0.00000256. The number of rotatable bonds is 5. The van der Waals surface area contributed by atoms with Crippen molar-refractivity contribution >= 4 is 41.3 Å². The van der Waals surface area contributed by atoms with Gasteiger partial charge in [0.15, 0.2) is 5.96 Å². The van der Waals surface area contributed by atoms with Gasteiger partial charge in [-0.1, -0.05) is 6.92 Å². The van der Waals surface area contributed by atoms with Gasteiger partial charge in [0.05, 0.1) is 5.01 Å². The van der Waals surface area contributed by atoms with Crippen molar-refractivity contribution < 1.29 is 0 Å². The first-order chi connectivity index (χ1) is 7.61. The van der Waals surface area contributed by atoms with Gasteiger partial charge in [-0.05, 0) is 20.3 Å². The lowest BCUT2D eigenvalue weighted by Crippen LogP contribution is -2.36. The Morgan fingerprint density at radius 2 is 2.29 bits per heavy atom. The highest BCUT2D eigenvalue weighted by Crippen LogP contribution is 2.13. The van der Waals surface area contributed by atoms with E-state index in [0.717, 1.165) is 17.8 Å². The number of nitrogens with zero attached hydrogens (tertiary/aromatic N) is 2. The zero-order valence-electron chi connectivity index (χ0n) is 10.6. The first-order valence-corrected chi connectivity index (χ1v) is 6.43. The summed E-state index contributed by atoms with van der Waals surface area (Å²) in [6.45, 7) is 6.91. The number of hydrogen-bond acceptors (Lipinski definition) is 3. The Bertz CT molecular complexity index is 349. The van der Waals surface area contributed by atoms with Gasteiger partial charge in [0.1, 0.15) is 0 Å². The van der Waals surface area contributed by atoms with Crippen molar-refractivity contribution in [1.29, 1.82) is 0 Å². The van der Waals surface area contributed by atoms with E-state index in [-0.39, 0.29) is 24.0 Å². The van der Waals surface area contributed by atoms with Gasteiger partial charge in [-0.3, -0.25) is 4.99 Å². The summed E-state index contributed by atoms with van der Waals surface area (Å²) in [5.74, 6) is 0.516. The summed E-state index contributed by atoms with van der Waals surface area (Å²) < 4.78 is 0. The fraction of sp³-hybridized carbons (Fsp3) is 0.636. The van der Waals surface area contributed by atoms with Crippen LogP contribution in [-0.4, -0.2) is 23.5 Å². The quantitative estimate of drug-likeness (QED) is 0.476. The van der Waals surface area contributed by atoms with Crippen LogP contribution in [0.3, 0.4) is 0 Å². The standard InChI is InChI=1S/C11H20N4S.HI/c1-4-9-7-14-10(16-9)5-6-13-11(12)15-8(2)3;/h7-8H,4-6H2,1-3H3,(H3,12,13,15);1H. The Morgan fingerprint density at radius 3 is 2.82 bits per heavy atom. The Hall–Kier alpha value is -0.370. The maximum Gasteiger partial charge on any atom is 0.188 e. The van der Waals surface area contributed by atoms with E-state index in [0.29, 0.717) is 18.5 Å². The lowest BCUT2D eigenvalue weighted by Gasteiger charge is -2.07. The summed E-state index contributed by atoms with van der Waals surface area (Å²) in [4.78, 5) is 9.90. The summed E-state index contributed by atoms with van der Waals surface area (Å²) in [7, 11) is 0. The number of aryl methyl sites for hydroxylation is 1. The minimum Gasteiger partial charge on any atom is -0.370 e. The molecule has 6 heteroatoms. The number of hydrogen-bond donors (Lipinski definition) is 2. The smallest absolute Gasteiger partial charge is 0.188 e. The molecule has 0 unspecified atom stereocenters. The molecule has 1 rings (SSSR count). The lowest BCUT2D eigenvalue weighted by atomic mass is 10.4. The number of halogens is 1. The summed E-state index contributed by atoms with van der Waals surface area (Å²) in [6, 6.07) is 0.329. The van der Waals surface area contributed by atoms with Crippen molar-refractivity contribution in [3.63, 3.8) is 0 Å². The van der Waals surface area contributed by atoms with E-state index in [4.69, 9.17) is 5.73 Å². The van der Waals surface area contributed by atoms with Gasteiger partial charge in [0.2, 0.25) is 0 Å². The Kier molecular flexibility index (Phi) is 8.49. The molecule has 0 amide bonds. The number of aromatic nitrogens is 1. The van der Waals surface area contributed by atoms with Crippen molar-refractivity contribution in [2.75, 3.05) is 6.54 Å². The van der Waals surface area contributed by atoms with Gasteiger partial charge in [-0.2, -0.15) is 0 Å². The van der Waals surface area contributed by atoms with Crippen molar-refractivity contribution in [3.05, 3.63) is 16.1 Å². The molecule has 0 fully saturated rings. The highest BCUT2D eigenvalue weighted by Gasteiger charge is 2.00. The first kappa shape index (κ1) is 16.6. The third-order valence-electron chi connectivity index (χ3n) is 1.99. The van der Waals surface area contributed by atoms with Gasteiger partial charge in [0, 0.05) is 30.1 Å². The third kappa shape index (κ3) is 6.82. The molecule has 0 saturated heterocycles. The van der Waals surface area contributed by atoms with Gasteiger partial charge < -0.3 is 11.1 Å². The predicted molar refractivity (Wildman–Crippen MR) is 85.4 cm³/mol. The van der Waals surface area contributed by atoms with Crippen LogP contribution in [0.25, 0.3) is 0 Å². The molecule has 0 aliphatic rings. The third-order valence-corrected chi connectivity index (χ3v) is 3.20. The predicted octanol–water partition coefficient (Wildman–Crippen LogP) is 2.18. The maximum atomic E-state index is 5.69. The molecule has 3 N–H and O–H groups in total. The SMILES string of the molecule is CCc1cnc(CCN=C(N)NC(C)C)s1.I. The van der Waals surface area contributed by atoms with E-state index in [9.17, 15) is 0 Å². The molecule has 0 aliphatic heterocycles. The number of nitrogens with two attached hydrogens (primary N) is 1. The minimum atomic E-state index is 0. The maximum absolute atomic E-state index is 5.69. The summed E-state index contributed by atoms with van der Waals surface area (Å²) in [5.41, 5.74) is 5.69. The molecular formula is C11H21IN4S. The first-order valence-electron chi connectivity index (χ1n) is 5.61. The average Bonchev–Trinajstić information content (AvgIpc) is 2.64. The van der Waals surface area contributed by atoms with Crippen LogP contribution in [-0.2, 0) is 12.8 Å². The summed E-state index contributed by atoms with van der Waals surface area (Å²) in [6.07, 6.45) is 3.86. The monoisotopic (exact) mass is 368 g/mol. The molecule has 1 aromatic rings. The zero-order valence-corrected chi connectivity index (χ0v) is 13.7. The number of guanidine groups is 1. The van der Waals surface area contributed by atoms with E-state index in [2.05, 4.69) is 22.2 Å². The van der Waals surface area contributed by atoms with Crippen LogP contribution in [0.2, 0.25) is 0 Å². The minimum absolute atomic E-state index is 0. The summed E-state index contributed by atoms with van der Waals surface area (Å²) in [5, 5.41) is 4.19. The molecule has 98 valence electrons. The lowest BCUT2D eigenvalue weighted by molar-refractivity contribution is 0.723. The average molecular weight is 368 g/mol. The largest absolute Gasteiger partial charge is 0.370 e. The van der Waals surface area contributed by atoms with Crippen LogP contribution in [0.15, 0.2) is 11.2 Å². The Morgan fingerprint density at radius 1 is 1.59 bits per heavy atom. The van der Waals surface area contributed by atoms with Crippen LogP contribution in [0.1, 0.15) is 30.7 Å². The van der Waals surface area contributed by atoms with E-state index in [1.165, 1.54) is 4.88 Å². The van der Waals surface area contributed by atoms with Crippen molar-refractivity contribution in [2.45, 2.75) is 39.7 Å². The topological polar surface area (TPSA) is 63.3 Å². The van der Waals surface area contributed by atoms with E-state index in [1.807, 2.05) is 20.0 Å². The van der Waals surface area contributed by atoms with Crippen LogP contribution in [0, 0.1) is 0 Å².